The van der Waals surface area contributed by atoms with Crippen molar-refractivity contribution in [3.8, 4) is 0 Å². The number of carbonyl (C=O) groups excluding carboxylic acids is 1. The van der Waals surface area contributed by atoms with Crippen LogP contribution in [0.5, 0.6) is 0 Å². The van der Waals surface area contributed by atoms with E-state index in [9.17, 15) is 14.3 Å². The normalized spacial score (nSPS) is 14.4. The highest BCUT2D eigenvalue weighted by Gasteiger charge is 2.25. The molecule has 0 radical (unpaired) electrons. The fraction of sp³-hybridized carbons (Fsp3) is 0.703. The Labute approximate surface area is 281 Å². The van der Waals surface area contributed by atoms with Crippen molar-refractivity contribution in [1.82, 2.24) is 0 Å². The van der Waals surface area contributed by atoms with Crippen molar-refractivity contribution in [3.05, 3.63) is 60.8 Å². The van der Waals surface area contributed by atoms with Gasteiger partial charge < -0.3 is 20.1 Å². The monoisotopic (exact) mass is 667 g/mol. The Morgan fingerprint density at radius 3 is 1.70 bits per heavy atom. The molecule has 0 spiro atoms. The molecule has 0 aliphatic carbocycles. The van der Waals surface area contributed by atoms with E-state index in [4.69, 9.17) is 24.3 Å². The first-order valence-corrected chi connectivity index (χ1v) is 19.3. The lowest BCUT2D eigenvalue weighted by Gasteiger charge is -2.19. The number of allylic oxidation sites excluding steroid dienone is 9. The van der Waals surface area contributed by atoms with Crippen LogP contribution < -0.4 is 5.73 Å². The third-order valence-electron chi connectivity index (χ3n) is 6.97. The average Bonchev–Trinajstić information content (AvgIpc) is 3.04. The highest BCUT2D eigenvalue weighted by molar-refractivity contribution is 7.47. The number of hydrogen-bond donors (Lipinski definition) is 2. The van der Waals surface area contributed by atoms with Crippen LogP contribution in [0.15, 0.2) is 60.8 Å². The van der Waals surface area contributed by atoms with Crippen LogP contribution in [0.3, 0.4) is 0 Å². The number of rotatable bonds is 33. The van der Waals surface area contributed by atoms with E-state index in [1.165, 1.54) is 51.4 Å². The van der Waals surface area contributed by atoms with Gasteiger partial charge in [-0.1, -0.05) is 139 Å². The van der Waals surface area contributed by atoms with Gasteiger partial charge in [0.15, 0.2) is 0 Å². The fourth-order valence-corrected chi connectivity index (χ4v) is 5.18. The van der Waals surface area contributed by atoms with E-state index in [0.717, 1.165) is 51.4 Å². The van der Waals surface area contributed by atoms with Crippen LogP contribution in [0.4, 0.5) is 0 Å². The van der Waals surface area contributed by atoms with E-state index in [1.54, 1.807) is 0 Å². The summed E-state index contributed by atoms with van der Waals surface area (Å²) in [7, 11) is -4.29. The first kappa shape index (κ1) is 44.2. The van der Waals surface area contributed by atoms with Crippen LogP contribution in [0.25, 0.3) is 0 Å². The van der Waals surface area contributed by atoms with E-state index in [1.807, 2.05) is 6.08 Å². The quantitative estimate of drug-likeness (QED) is 0.0307. The van der Waals surface area contributed by atoms with Gasteiger partial charge in [0.05, 0.1) is 26.4 Å². The van der Waals surface area contributed by atoms with Gasteiger partial charge in [-0.3, -0.25) is 13.8 Å². The molecule has 0 bridgehead atoms. The van der Waals surface area contributed by atoms with Crippen molar-refractivity contribution in [2.45, 2.75) is 136 Å². The van der Waals surface area contributed by atoms with E-state index in [0.29, 0.717) is 19.4 Å². The zero-order chi connectivity index (χ0) is 33.8. The molecule has 2 atom stereocenters. The topological polar surface area (TPSA) is 117 Å². The molecule has 0 aromatic carbocycles. The summed E-state index contributed by atoms with van der Waals surface area (Å²) in [5.74, 6) is -0.360. The Morgan fingerprint density at radius 2 is 1.17 bits per heavy atom. The molecule has 266 valence electrons. The minimum absolute atomic E-state index is 0.0611. The van der Waals surface area contributed by atoms with Crippen LogP contribution in [-0.4, -0.2) is 49.9 Å². The van der Waals surface area contributed by atoms with Crippen molar-refractivity contribution in [3.63, 3.8) is 0 Å². The number of esters is 1. The molecule has 46 heavy (non-hydrogen) atoms. The molecule has 0 saturated carbocycles. The molecule has 0 rings (SSSR count). The van der Waals surface area contributed by atoms with Crippen LogP contribution in [0.2, 0.25) is 0 Å². The van der Waals surface area contributed by atoms with Crippen LogP contribution in [0, 0.1) is 0 Å². The summed E-state index contributed by atoms with van der Waals surface area (Å²) in [4.78, 5) is 22.3. The molecular formula is C37H66NO7P. The standard InChI is InChI=1S/C37H66NO7P/c1-3-5-7-9-11-13-15-16-17-18-19-21-23-25-27-29-32-42-34-36(35-44-46(40,41)43-33-31-38)45-37(39)30-28-26-24-22-20-14-12-10-8-6-4-2/h5,7,11,13,16-17,19,21,25,27,36H,3-4,6,8-10,12,14-15,18,20,22-24,26,28-35,38H2,1-2H3,(H,40,41)/b7-5-,13-11-,17-16-,21-19-,27-25-. The van der Waals surface area contributed by atoms with Crippen molar-refractivity contribution in [1.29, 1.82) is 0 Å². The predicted octanol–water partition coefficient (Wildman–Crippen LogP) is 9.85. The molecule has 0 heterocycles. The Morgan fingerprint density at radius 1 is 0.674 bits per heavy atom. The van der Waals surface area contributed by atoms with Crippen molar-refractivity contribution in [2.75, 3.05) is 33.0 Å². The molecule has 9 heteroatoms. The zero-order valence-corrected chi connectivity index (χ0v) is 29.9. The molecule has 0 fully saturated rings. The second-order valence-electron chi connectivity index (χ2n) is 11.4. The molecule has 2 unspecified atom stereocenters. The number of unbranched alkanes of at least 4 members (excludes halogenated alkanes) is 10. The first-order chi connectivity index (χ1) is 22.4. The number of carbonyl (C=O) groups is 1. The van der Waals surface area contributed by atoms with E-state index >= 15 is 0 Å². The van der Waals surface area contributed by atoms with Crippen LogP contribution in [0.1, 0.15) is 129 Å². The van der Waals surface area contributed by atoms with E-state index in [-0.39, 0.29) is 32.3 Å². The summed E-state index contributed by atoms with van der Waals surface area (Å²) >= 11 is 0. The highest BCUT2D eigenvalue weighted by Crippen LogP contribution is 2.43. The summed E-state index contributed by atoms with van der Waals surface area (Å²) in [5.41, 5.74) is 5.33. The van der Waals surface area contributed by atoms with Crippen LogP contribution in [-0.2, 0) is 27.9 Å². The predicted molar refractivity (Wildman–Crippen MR) is 192 cm³/mol. The largest absolute Gasteiger partial charge is 0.472 e. The summed E-state index contributed by atoms with van der Waals surface area (Å²) in [6, 6.07) is 0. The summed E-state index contributed by atoms with van der Waals surface area (Å²) in [6.45, 7) is 4.54. The van der Waals surface area contributed by atoms with Gasteiger partial charge >= 0.3 is 13.8 Å². The smallest absolute Gasteiger partial charge is 0.457 e. The third-order valence-corrected chi connectivity index (χ3v) is 7.95. The highest BCUT2D eigenvalue weighted by atomic mass is 31.2. The van der Waals surface area contributed by atoms with Crippen molar-refractivity contribution in [2.24, 2.45) is 5.73 Å². The molecule has 0 aromatic rings. The zero-order valence-electron chi connectivity index (χ0n) is 29.0. The minimum atomic E-state index is -4.29. The number of phosphoric ester groups is 1. The van der Waals surface area contributed by atoms with Gasteiger partial charge in [0.2, 0.25) is 0 Å². The maximum atomic E-state index is 12.5. The number of hydrogen-bond acceptors (Lipinski definition) is 7. The molecule has 0 aromatic heterocycles. The van der Waals surface area contributed by atoms with Gasteiger partial charge in [0, 0.05) is 13.0 Å². The maximum Gasteiger partial charge on any atom is 0.472 e. The lowest BCUT2D eigenvalue weighted by Crippen LogP contribution is -2.28. The van der Waals surface area contributed by atoms with Gasteiger partial charge in [-0.25, -0.2) is 4.57 Å². The molecule has 8 nitrogen and oxygen atoms in total. The maximum absolute atomic E-state index is 12.5. The third kappa shape index (κ3) is 33.6. The summed E-state index contributed by atoms with van der Waals surface area (Å²) in [5, 5.41) is 0. The SMILES string of the molecule is CC/C=C\C/C=C\C/C=C\C/C=C\C/C=C\CCOCC(COP(=O)(O)OCCN)OC(=O)CCCCCCCCCCCCC. The minimum Gasteiger partial charge on any atom is -0.457 e. The molecule has 0 aliphatic heterocycles. The Bertz CT molecular complexity index is 885. The average molecular weight is 668 g/mol. The van der Waals surface area contributed by atoms with E-state index in [2.05, 4.69) is 68.5 Å². The van der Waals surface area contributed by atoms with E-state index < -0.39 is 13.9 Å². The lowest BCUT2D eigenvalue weighted by molar-refractivity contribution is -0.154. The van der Waals surface area contributed by atoms with Crippen molar-refractivity contribution < 1.29 is 32.8 Å². The Balaban J connectivity index is 4.26. The van der Waals surface area contributed by atoms with Crippen molar-refractivity contribution >= 4 is 13.8 Å². The molecular weight excluding hydrogens is 601 g/mol. The molecule has 0 saturated heterocycles. The number of nitrogens with two attached hydrogens (primary N) is 1. The summed E-state index contributed by atoms with van der Waals surface area (Å²) < 4.78 is 33.1. The van der Waals surface area contributed by atoms with Gasteiger partial charge in [0.1, 0.15) is 6.10 Å². The Hall–Kier alpha value is -1.80. The van der Waals surface area contributed by atoms with Gasteiger partial charge in [0.25, 0.3) is 0 Å². The van der Waals surface area contributed by atoms with Gasteiger partial charge in [-0.15, -0.1) is 0 Å². The summed E-state index contributed by atoms with van der Waals surface area (Å²) in [6.07, 6.45) is 39.7. The molecule has 0 amide bonds. The van der Waals surface area contributed by atoms with Gasteiger partial charge in [-0.05, 0) is 44.9 Å². The molecule has 3 N–H and O–H groups in total. The first-order valence-electron chi connectivity index (χ1n) is 17.8. The second-order valence-corrected chi connectivity index (χ2v) is 12.8. The Kier molecular flexibility index (Phi) is 33.2. The van der Waals surface area contributed by atoms with Crippen LogP contribution >= 0.6 is 7.82 Å². The number of ether oxygens (including phenoxy) is 2. The van der Waals surface area contributed by atoms with Gasteiger partial charge in [-0.2, -0.15) is 0 Å². The molecule has 0 aliphatic rings. The fourth-order valence-electron chi connectivity index (χ4n) is 4.41. The number of phosphoric acid groups is 1. The lowest BCUT2D eigenvalue weighted by atomic mass is 10.1. The second kappa shape index (κ2) is 34.5.